The molecule has 3 aromatic heterocycles. The van der Waals surface area contributed by atoms with Crippen LogP contribution in [0.15, 0.2) is 81.6 Å². The van der Waals surface area contributed by atoms with Crippen LogP contribution in [0.1, 0.15) is 54.3 Å². The summed E-state index contributed by atoms with van der Waals surface area (Å²) in [7, 11) is 2.47. The van der Waals surface area contributed by atoms with Gasteiger partial charge in [0, 0.05) is 39.4 Å². The van der Waals surface area contributed by atoms with Crippen LogP contribution in [0.3, 0.4) is 0 Å². The lowest BCUT2D eigenvalue weighted by Gasteiger charge is -2.30. The molecule has 5 aromatic rings. The van der Waals surface area contributed by atoms with Crippen molar-refractivity contribution in [2.45, 2.75) is 54.0 Å². The van der Waals surface area contributed by atoms with Crippen molar-refractivity contribution in [2.75, 3.05) is 25.5 Å². The lowest BCUT2D eigenvalue weighted by Crippen LogP contribution is -2.35. The Kier molecular flexibility index (Phi) is 7.36. The summed E-state index contributed by atoms with van der Waals surface area (Å²) in [5.74, 6) is 1.20. The summed E-state index contributed by atoms with van der Waals surface area (Å²) in [6.07, 6.45) is 6.19. The number of aryl methyl sites for hydroxylation is 1. The first-order chi connectivity index (χ1) is 20.9. The Labute approximate surface area is 252 Å². The number of aromatic amines is 1. The zero-order valence-electron chi connectivity index (χ0n) is 24.4. The maximum absolute atomic E-state index is 13.9. The number of likely N-dealkylation sites (N-methyl/N-ethyl adjacent to an activating group) is 1. The van der Waals surface area contributed by atoms with Gasteiger partial charge in [-0.25, -0.2) is 9.19 Å². The fourth-order valence-corrected chi connectivity index (χ4v) is 7.28. The van der Waals surface area contributed by atoms with E-state index >= 15 is 0 Å². The van der Waals surface area contributed by atoms with Gasteiger partial charge in [0.25, 0.3) is 16.3 Å². The number of rotatable bonds is 8. The number of anilines is 2. The number of nitrogens with zero attached hydrogens (tertiary/aromatic N) is 6. The van der Waals surface area contributed by atoms with E-state index in [-0.39, 0.29) is 18.0 Å². The van der Waals surface area contributed by atoms with Crippen molar-refractivity contribution < 1.29 is 8.89 Å². The minimum atomic E-state index is -1.49. The number of likely N-dealkylation sites (tertiary alicyclic amines) is 1. The summed E-state index contributed by atoms with van der Waals surface area (Å²) in [5.41, 5.74) is 3.94. The van der Waals surface area contributed by atoms with E-state index in [1.165, 1.54) is 18.4 Å². The first-order valence-corrected chi connectivity index (χ1v) is 16.0. The van der Waals surface area contributed by atoms with Crippen molar-refractivity contribution in [1.29, 1.82) is 0 Å². The minimum Gasteiger partial charge on any atom is -0.324 e. The van der Waals surface area contributed by atoms with Gasteiger partial charge in [-0.15, -0.1) is 4.68 Å². The number of aromatic nitrogens is 6. The Morgan fingerprint density at radius 1 is 1.07 bits per heavy atom. The van der Waals surface area contributed by atoms with Crippen LogP contribution >= 0.6 is 0 Å². The maximum Gasteiger partial charge on any atom is 0.266 e. The fraction of sp³-hybridized carbons (Fsp3) is 0.344. The van der Waals surface area contributed by atoms with E-state index in [0.717, 1.165) is 42.6 Å². The third-order valence-corrected chi connectivity index (χ3v) is 10.0. The number of fused-ring (bicyclic) bond motifs is 1. The topological polar surface area (TPSA) is 113 Å². The predicted molar refractivity (Wildman–Crippen MR) is 165 cm³/mol. The highest BCUT2D eigenvalue weighted by Gasteiger charge is 2.31. The lowest BCUT2D eigenvalue weighted by molar-refractivity contribution is -0.764. The molecule has 0 bridgehead atoms. The van der Waals surface area contributed by atoms with Gasteiger partial charge in [0.2, 0.25) is 5.95 Å². The molecule has 11 heteroatoms. The summed E-state index contributed by atoms with van der Waals surface area (Å²) in [6.45, 7) is 2.37. The number of hydrogen-bond donors (Lipinski definition) is 2. The second kappa shape index (κ2) is 11.5. The highest BCUT2D eigenvalue weighted by molar-refractivity contribution is 7.85. The van der Waals surface area contributed by atoms with Crippen LogP contribution in [0.25, 0.3) is 11.0 Å². The van der Waals surface area contributed by atoms with Gasteiger partial charge in [-0.3, -0.25) is 9.36 Å². The zero-order valence-corrected chi connectivity index (χ0v) is 25.2. The minimum absolute atomic E-state index is 0.0939. The third kappa shape index (κ3) is 5.62. The summed E-state index contributed by atoms with van der Waals surface area (Å²) in [6, 6.07) is 19.7. The summed E-state index contributed by atoms with van der Waals surface area (Å²) in [4.78, 5) is 26.3. The van der Waals surface area contributed by atoms with Crippen LogP contribution in [0.5, 0.6) is 0 Å². The molecule has 10 nitrogen and oxygen atoms in total. The first kappa shape index (κ1) is 27.6. The van der Waals surface area contributed by atoms with Crippen LogP contribution < -0.4 is 15.6 Å². The van der Waals surface area contributed by atoms with Crippen molar-refractivity contribution in [3.05, 3.63) is 94.0 Å². The largest absolute Gasteiger partial charge is 0.324 e. The average Bonchev–Trinajstić information content (AvgIpc) is 3.81. The second-order valence-electron chi connectivity index (χ2n) is 11.7. The van der Waals surface area contributed by atoms with Gasteiger partial charge in [-0.1, -0.05) is 35.5 Å². The first-order valence-electron chi connectivity index (χ1n) is 14.8. The third-order valence-electron chi connectivity index (χ3n) is 8.46. The van der Waals surface area contributed by atoms with Crippen LogP contribution in [0.4, 0.5) is 11.6 Å². The van der Waals surface area contributed by atoms with E-state index in [9.17, 15) is 9.00 Å². The molecule has 2 fully saturated rings. The van der Waals surface area contributed by atoms with Crippen LogP contribution in [-0.4, -0.2) is 54.1 Å². The van der Waals surface area contributed by atoms with E-state index in [2.05, 4.69) is 56.8 Å². The number of piperidine rings is 1. The molecule has 1 aliphatic heterocycles. The van der Waals surface area contributed by atoms with Crippen LogP contribution in [0, 0.1) is 0 Å². The highest BCUT2D eigenvalue weighted by atomic mass is 32.2. The van der Waals surface area contributed by atoms with E-state index in [0.29, 0.717) is 33.1 Å². The number of nitrogens with one attached hydrogen (secondary N) is 2. The van der Waals surface area contributed by atoms with Gasteiger partial charge in [-0.2, -0.15) is 4.98 Å². The van der Waals surface area contributed by atoms with Gasteiger partial charge >= 0.3 is 0 Å². The van der Waals surface area contributed by atoms with Crippen molar-refractivity contribution in [1.82, 2.24) is 29.7 Å². The normalized spacial score (nSPS) is 18.1. The van der Waals surface area contributed by atoms with Gasteiger partial charge in [0.05, 0.1) is 0 Å². The Morgan fingerprint density at radius 2 is 1.86 bits per heavy atom. The molecule has 2 N–H and O–H groups in total. The Hall–Kier alpha value is -4.22. The molecule has 2 unspecified atom stereocenters. The van der Waals surface area contributed by atoms with Crippen LogP contribution in [0.2, 0.25) is 0 Å². The number of H-pyrrole nitrogens is 1. The zero-order chi connectivity index (χ0) is 29.5. The maximum atomic E-state index is 13.9. The molecule has 0 radical (unpaired) electrons. The van der Waals surface area contributed by atoms with Crippen molar-refractivity contribution in [3.8, 4) is 0 Å². The lowest BCUT2D eigenvalue weighted by atomic mass is 9.91. The molecule has 43 heavy (non-hydrogen) atoms. The Bertz CT molecular complexity index is 1860. The van der Waals surface area contributed by atoms with Gasteiger partial charge in [0.15, 0.2) is 0 Å². The molecule has 7 rings (SSSR count). The van der Waals surface area contributed by atoms with E-state index < -0.39 is 10.8 Å². The molecule has 1 saturated carbocycles. The smallest absolute Gasteiger partial charge is 0.266 e. The molecule has 1 saturated heterocycles. The molecule has 2 atom stereocenters. The molecule has 1 aliphatic carbocycles. The number of hydrogen-bond acceptors (Lipinski definition) is 7. The fourth-order valence-electron chi connectivity index (χ4n) is 6.04. The number of pyridine rings is 1. The second-order valence-corrected chi connectivity index (χ2v) is 13.1. The van der Waals surface area contributed by atoms with Gasteiger partial charge < -0.3 is 10.2 Å². The molecule has 0 spiro atoms. The van der Waals surface area contributed by atoms with E-state index in [1.54, 1.807) is 22.5 Å². The molecule has 0 amide bonds. The number of benzene rings is 2. The summed E-state index contributed by atoms with van der Waals surface area (Å²) < 4.78 is 16.9. The summed E-state index contributed by atoms with van der Waals surface area (Å²) in [5, 5.41) is 12.0. The van der Waals surface area contributed by atoms with Crippen molar-refractivity contribution >= 4 is 33.5 Å². The van der Waals surface area contributed by atoms with Gasteiger partial charge in [-0.05, 0) is 87.0 Å². The predicted octanol–water partition coefficient (Wildman–Crippen LogP) is 3.98. The Balaban J connectivity index is 1.22. The molecule has 220 valence electrons. The monoisotopic (exact) mass is 595 g/mol. The quantitative estimate of drug-likeness (QED) is 0.261. The molecule has 2 aromatic carbocycles. The van der Waals surface area contributed by atoms with Gasteiger partial charge in [0.1, 0.15) is 30.0 Å². The van der Waals surface area contributed by atoms with Crippen LogP contribution in [-0.2, 0) is 24.4 Å². The van der Waals surface area contributed by atoms with E-state index in [1.807, 2.05) is 36.4 Å². The highest BCUT2D eigenvalue weighted by Crippen LogP contribution is 2.39. The van der Waals surface area contributed by atoms with Crippen molar-refractivity contribution in [3.63, 3.8) is 0 Å². The molecular formula is C32H35N8O2S+. The van der Waals surface area contributed by atoms with E-state index in [4.69, 9.17) is 4.98 Å². The molecule has 4 heterocycles. The standard InChI is InChI=1S/C32H34N8O2S/c1-38-16-6-7-23(19-38)21-12-14-25(15-13-21)34-32-33-18-24-17-27(22-10-11-22)30(41)40(29(24)35-32)20-28-31(39(2)37-36-28)43(42)26-8-4-3-5-9-26/h3-5,8-9,12-15,17-18,22-23H,6-7,10-11,16,19-20H2,1-2H3,(H,33,34,35,41)/p+1. The van der Waals surface area contributed by atoms with Crippen molar-refractivity contribution in [2.24, 2.45) is 7.05 Å². The molecule has 2 aliphatic rings. The average molecular weight is 596 g/mol. The Morgan fingerprint density at radius 3 is 2.60 bits per heavy atom. The molecular weight excluding hydrogens is 560 g/mol. The summed E-state index contributed by atoms with van der Waals surface area (Å²) >= 11 is 0. The SMILES string of the molecule is CN1CCCC(c2ccc(Nc3ncc4cc(C5CC5)c(=O)n(Cc5n[nH][n+](C)c5S(=O)c5ccccc5)c4n3)cc2)C1.